The third-order valence-electron chi connectivity index (χ3n) is 4.52. The van der Waals surface area contributed by atoms with Crippen molar-refractivity contribution in [3.05, 3.63) is 53.4 Å². The molecular weight excluding hydrogens is 288 g/mol. The van der Waals surface area contributed by atoms with Crippen LogP contribution in [-0.2, 0) is 12.8 Å². The van der Waals surface area contributed by atoms with Crippen LogP contribution >= 0.6 is 0 Å². The van der Waals surface area contributed by atoms with Gasteiger partial charge in [0.15, 0.2) is 5.69 Å². The molecule has 1 saturated heterocycles. The van der Waals surface area contributed by atoms with E-state index in [1.54, 1.807) is 6.07 Å². The van der Waals surface area contributed by atoms with Gasteiger partial charge in [-0.2, -0.15) is 0 Å². The molecule has 1 aliphatic rings. The van der Waals surface area contributed by atoms with Crippen molar-refractivity contribution < 1.29 is 9.32 Å². The highest BCUT2D eigenvalue weighted by Gasteiger charge is 2.30. The van der Waals surface area contributed by atoms with Crippen molar-refractivity contribution in [1.82, 2.24) is 10.1 Å². The molecule has 0 bridgehead atoms. The standard InChI is InChI=1S/C19H24N2O2/c1-2-7-17-14-18(20-23-17)19(22)21-13-6-10-16(21)12-11-15-8-4-3-5-9-15/h3-5,8-9,14,16H,2,6-7,10-13H2,1H3. The van der Waals surface area contributed by atoms with Gasteiger partial charge < -0.3 is 9.42 Å². The number of likely N-dealkylation sites (tertiary alicyclic amines) is 1. The Kier molecular flexibility index (Phi) is 5.11. The number of rotatable bonds is 6. The molecular formula is C19H24N2O2. The Balaban J connectivity index is 1.62. The molecule has 1 aliphatic heterocycles. The number of nitrogens with zero attached hydrogens (tertiary/aromatic N) is 2. The third kappa shape index (κ3) is 3.81. The van der Waals surface area contributed by atoms with E-state index in [2.05, 4.69) is 36.3 Å². The normalized spacial score (nSPS) is 17.6. The number of carbonyl (C=O) groups excluding carboxylic acids is 1. The number of aromatic nitrogens is 1. The summed E-state index contributed by atoms with van der Waals surface area (Å²) in [5.41, 5.74) is 1.79. The topological polar surface area (TPSA) is 46.3 Å². The average Bonchev–Trinajstić information content (AvgIpc) is 3.23. The first-order valence-electron chi connectivity index (χ1n) is 8.58. The lowest BCUT2D eigenvalue weighted by Gasteiger charge is -2.23. The van der Waals surface area contributed by atoms with E-state index in [1.165, 1.54) is 5.56 Å². The van der Waals surface area contributed by atoms with Gasteiger partial charge in [-0.3, -0.25) is 4.79 Å². The van der Waals surface area contributed by atoms with E-state index in [0.29, 0.717) is 11.7 Å². The van der Waals surface area contributed by atoms with Gasteiger partial charge in [0, 0.05) is 25.1 Å². The van der Waals surface area contributed by atoms with Gasteiger partial charge in [0.1, 0.15) is 5.76 Å². The summed E-state index contributed by atoms with van der Waals surface area (Å²) in [6.45, 7) is 2.92. The molecule has 0 saturated carbocycles. The van der Waals surface area contributed by atoms with Crippen LogP contribution in [-0.4, -0.2) is 28.6 Å². The Labute approximate surface area is 137 Å². The van der Waals surface area contributed by atoms with Crippen LogP contribution in [0.4, 0.5) is 0 Å². The number of hydrogen-bond acceptors (Lipinski definition) is 3. The Morgan fingerprint density at radius 1 is 1.30 bits per heavy atom. The molecule has 4 heteroatoms. The summed E-state index contributed by atoms with van der Waals surface area (Å²) in [6, 6.07) is 12.6. The molecule has 2 aromatic rings. The molecule has 2 heterocycles. The maximum atomic E-state index is 12.7. The van der Waals surface area contributed by atoms with Crippen LogP contribution < -0.4 is 0 Å². The van der Waals surface area contributed by atoms with Crippen molar-refractivity contribution in [2.45, 2.75) is 51.5 Å². The predicted octanol–water partition coefficient (Wildman–Crippen LogP) is 3.86. The Morgan fingerprint density at radius 3 is 2.91 bits per heavy atom. The fourth-order valence-electron chi connectivity index (χ4n) is 3.31. The van der Waals surface area contributed by atoms with E-state index < -0.39 is 0 Å². The molecule has 1 unspecified atom stereocenters. The number of aryl methyl sites for hydroxylation is 2. The van der Waals surface area contributed by atoms with Gasteiger partial charge in [-0.1, -0.05) is 42.4 Å². The lowest BCUT2D eigenvalue weighted by molar-refractivity contribution is 0.0720. The zero-order valence-corrected chi connectivity index (χ0v) is 13.7. The minimum Gasteiger partial charge on any atom is -0.361 e. The van der Waals surface area contributed by atoms with Gasteiger partial charge in [0.05, 0.1) is 0 Å². The molecule has 4 nitrogen and oxygen atoms in total. The predicted molar refractivity (Wildman–Crippen MR) is 89.3 cm³/mol. The monoisotopic (exact) mass is 312 g/mol. The van der Waals surface area contributed by atoms with Crippen molar-refractivity contribution in [3.8, 4) is 0 Å². The second kappa shape index (κ2) is 7.44. The highest BCUT2D eigenvalue weighted by molar-refractivity contribution is 5.92. The van der Waals surface area contributed by atoms with Gasteiger partial charge in [-0.15, -0.1) is 0 Å². The summed E-state index contributed by atoms with van der Waals surface area (Å²) >= 11 is 0. The molecule has 122 valence electrons. The number of carbonyl (C=O) groups is 1. The van der Waals surface area contributed by atoms with Crippen LogP contribution in [0, 0.1) is 0 Å². The van der Waals surface area contributed by atoms with Gasteiger partial charge in [0.25, 0.3) is 5.91 Å². The average molecular weight is 312 g/mol. The van der Waals surface area contributed by atoms with Crippen molar-refractivity contribution >= 4 is 5.91 Å². The van der Waals surface area contributed by atoms with E-state index in [0.717, 1.165) is 50.8 Å². The van der Waals surface area contributed by atoms with Gasteiger partial charge in [-0.25, -0.2) is 0 Å². The third-order valence-corrected chi connectivity index (χ3v) is 4.52. The van der Waals surface area contributed by atoms with Crippen LogP contribution in [0.1, 0.15) is 54.4 Å². The fraction of sp³-hybridized carbons (Fsp3) is 0.474. The first kappa shape index (κ1) is 15.8. The molecule has 0 spiro atoms. The van der Waals surface area contributed by atoms with Crippen molar-refractivity contribution in [3.63, 3.8) is 0 Å². The number of amides is 1. The quantitative estimate of drug-likeness (QED) is 0.813. The molecule has 1 aromatic carbocycles. The van der Waals surface area contributed by atoms with Crippen LogP contribution in [0.15, 0.2) is 40.9 Å². The van der Waals surface area contributed by atoms with Gasteiger partial charge in [-0.05, 0) is 37.7 Å². The van der Waals surface area contributed by atoms with Crippen molar-refractivity contribution in [2.75, 3.05) is 6.54 Å². The first-order chi connectivity index (χ1) is 11.3. The second-order valence-corrected chi connectivity index (χ2v) is 6.25. The van der Waals surface area contributed by atoms with E-state index in [-0.39, 0.29) is 5.91 Å². The summed E-state index contributed by atoms with van der Waals surface area (Å²) in [6.07, 6.45) is 6.00. The summed E-state index contributed by atoms with van der Waals surface area (Å²) < 4.78 is 5.25. The van der Waals surface area contributed by atoms with E-state index in [4.69, 9.17) is 4.52 Å². The Morgan fingerprint density at radius 2 is 2.13 bits per heavy atom. The fourth-order valence-corrected chi connectivity index (χ4v) is 3.31. The summed E-state index contributed by atoms with van der Waals surface area (Å²) in [7, 11) is 0. The molecule has 0 N–H and O–H groups in total. The molecule has 23 heavy (non-hydrogen) atoms. The lowest BCUT2D eigenvalue weighted by Crippen LogP contribution is -2.36. The zero-order chi connectivity index (χ0) is 16.1. The van der Waals surface area contributed by atoms with Gasteiger partial charge in [0.2, 0.25) is 0 Å². The summed E-state index contributed by atoms with van der Waals surface area (Å²) in [5.74, 6) is 0.822. The van der Waals surface area contributed by atoms with E-state index in [9.17, 15) is 4.79 Å². The lowest BCUT2D eigenvalue weighted by atomic mass is 10.0. The van der Waals surface area contributed by atoms with Crippen molar-refractivity contribution in [2.24, 2.45) is 0 Å². The molecule has 1 aromatic heterocycles. The Hall–Kier alpha value is -2.10. The van der Waals surface area contributed by atoms with Crippen LogP contribution in [0.5, 0.6) is 0 Å². The molecule has 1 atom stereocenters. The summed E-state index contributed by atoms with van der Waals surface area (Å²) in [5, 5.41) is 3.97. The van der Waals surface area contributed by atoms with E-state index in [1.807, 2.05) is 11.0 Å². The molecule has 1 fully saturated rings. The summed E-state index contributed by atoms with van der Waals surface area (Å²) in [4.78, 5) is 14.7. The first-order valence-corrected chi connectivity index (χ1v) is 8.58. The largest absolute Gasteiger partial charge is 0.361 e. The molecule has 3 rings (SSSR count). The van der Waals surface area contributed by atoms with E-state index >= 15 is 0 Å². The highest BCUT2D eigenvalue weighted by atomic mass is 16.5. The van der Waals surface area contributed by atoms with Crippen LogP contribution in [0.3, 0.4) is 0 Å². The molecule has 1 amide bonds. The second-order valence-electron chi connectivity index (χ2n) is 6.25. The Bertz CT molecular complexity index is 636. The maximum Gasteiger partial charge on any atom is 0.276 e. The SMILES string of the molecule is CCCc1cc(C(=O)N2CCCC2CCc2ccccc2)no1. The maximum absolute atomic E-state index is 12.7. The molecule has 0 radical (unpaired) electrons. The number of benzene rings is 1. The molecule has 0 aliphatic carbocycles. The van der Waals surface area contributed by atoms with Crippen LogP contribution in [0.2, 0.25) is 0 Å². The minimum absolute atomic E-state index is 0.0201. The zero-order valence-electron chi connectivity index (χ0n) is 13.7. The van der Waals surface area contributed by atoms with Crippen LogP contribution in [0.25, 0.3) is 0 Å². The minimum atomic E-state index is 0.0201. The van der Waals surface area contributed by atoms with Gasteiger partial charge >= 0.3 is 0 Å². The van der Waals surface area contributed by atoms with Crippen molar-refractivity contribution in [1.29, 1.82) is 0 Å². The number of hydrogen-bond donors (Lipinski definition) is 0. The highest BCUT2D eigenvalue weighted by Crippen LogP contribution is 2.24. The smallest absolute Gasteiger partial charge is 0.276 e.